The maximum Gasteiger partial charge on any atom is 0.495 e. The summed E-state index contributed by atoms with van der Waals surface area (Å²) >= 11 is -0.306. The Balaban J connectivity index is 0. The molecule has 0 saturated heterocycles. The fraction of sp³-hybridized carbons (Fsp3) is 0. The molecule has 0 unspecified atom stereocenters. The molecule has 0 N–H and O–H groups in total. The van der Waals surface area contributed by atoms with Crippen molar-refractivity contribution >= 4 is 41.8 Å². The zero-order chi connectivity index (χ0) is 5.41. The van der Waals surface area contributed by atoms with E-state index in [-0.39, 0.29) is 13.4 Å². The van der Waals surface area contributed by atoms with Crippen LogP contribution in [0.25, 0.3) is 0 Å². The van der Waals surface area contributed by atoms with Gasteiger partial charge in [0.05, 0.1) is 0 Å². The minimum Gasteiger partial charge on any atom is -0.248 e. The third-order valence-corrected chi connectivity index (χ3v) is 0. The lowest BCUT2D eigenvalue weighted by molar-refractivity contribution is 0.531. The molecule has 0 fully saturated rings. The Morgan fingerprint density at radius 3 is 1.33 bits per heavy atom. The van der Waals surface area contributed by atoms with Crippen molar-refractivity contribution in [2.75, 3.05) is 0 Å². The molecule has 0 spiro atoms. The minimum atomic E-state index is -1.42. The smallest absolute Gasteiger partial charge is 0.248 e. The van der Waals surface area contributed by atoms with E-state index in [4.69, 9.17) is 29.2 Å². The van der Waals surface area contributed by atoms with Crippen LogP contribution in [0.3, 0.4) is 0 Å². The molecule has 2 nitrogen and oxygen atoms in total. The average Bonchev–Trinajstić information content (AvgIpc) is 1.39. The van der Waals surface area contributed by atoms with Crippen LogP contribution in [0.1, 0.15) is 0 Å². The highest BCUT2D eigenvalue weighted by Crippen LogP contribution is 1.67. The van der Waals surface area contributed by atoms with Crippen LogP contribution in [-0.4, -0.2) is 13.4 Å². The summed E-state index contributed by atoms with van der Waals surface area (Å²) in [5.41, 5.74) is 0. The molecule has 0 aliphatic heterocycles. The maximum atomic E-state index is 8.40. The first-order chi connectivity index (χ1) is 2.83. The van der Waals surface area contributed by atoms with Gasteiger partial charge in [-0.2, -0.15) is 0 Å². The van der Waals surface area contributed by atoms with E-state index in [1.807, 2.05) is 0 Å². The quantitative estimate of drug-likeness (QED) is 0.397. The second kappa shape index (κ2) is 16.6. The summed E-state index contributed by atoms with van der Waals surface area (Å²) in [7, 11) is 8.28. The molecule has 0 aromatic carbocycles. The number of hydrogen-bond donors (Lipinski definition) is 0. The average molecular weight is 162 g/mol. The van der Waals surface area contributed by atoms with Gasteiger partial charge in [0.15, 0.2) is 0 Å². The van der Waals surface area contributed by atoms with Crippen LogP contribution in [-0.2, 0) is 9.13 Å². The standard InChI is InChI=1S/Al.2ClH.HO2P/c;;;1-3-2/h;2*1H;3H/q+2;;;/p-2. The van der Waals surface area contributed by atoms with E-state index in [1.54, 1.807) is 0 Å². The Bertz CT molecular complexity index is 40.8. The van der Waals surface area contributed by atoms with E-state index in [0.717, 1.165) is 0 Å². The molecule has 0 aromatic rings. The fourth-order valence-electron chi connectivity index (χ4n) is 0. The maximum absolute atomic E-state index is 8.40. The van der Waals surface area contributed by atoms with Crippen LogP contribution < -0.4 is 0 Å². The predicted octanol–water partition coefficient (Wildman–Crippen LogP) is 1.35. The molecule has 0 aliphatic carbocycles. The van der Waals surface area contributed by atoms with Gasteiger partial charge >= 0.3 is 21.7 Å². The van der Waals surface area contributed by atoms with Gasteiger partial charge in [0.25, 0.3) is 0 Å². The van der Waals surface area contributed by atoms with Gasteiger partial charge in [-0.05, 0) is 0 Å². The molecule has 0 amide bonds. The van der Waals surface area contributed by atoms with Crippen molar-refractivity contribution in [1.29, 1.82) is 0 Å². The van der Waals surface area contributed by atoms with Crippen molar-refractivity contribution in [3.05, 3.63) is 0 Å². The SMILES string of the molecule is O=[PH]=O.[Cl][Al][Cl]. The monoisotopic (exact) mass is 161 g/mol. The number of rotatable bonds is 0. The molecular weight excluding hydrogens is 161 g/mol. The van der Waals surface area contributed by atoms with E-state index in [9.17, 15) is 0 Å². The Kier molecular flexibility index (Phi) is 28.0. The van der Waals surface area contributed by atoms with Crippen LogP contribution in [0, 0.1) is 0 Å². The molecule has 0 atom stereocenters. The summed E-state index contributed by atoms with van der Waals surface area (Å²) in [6.45, 7) is 0. The van der Waals surface area contributed by atoms with E-state index < -0.39 is 8.34 Å². The van der Waals surface area contributed by atoms with Crippen molar-refractivity contribution < 1.29 is 9.13 Å². The van der Waals surface area contributed by atoms with Crippen molar-refractivity contribution in [3.63, 3.8) is 0 Å². The van der Waals surface area contributed by atoms with Gasteiger partial charge in [-0.15, -0.1) is 0 Å². The molecule has 1 radical (unpaired) electrons. The van der Waals surface area contributed by atoms with Crippen molar-refractivity contribution in [3.8, 4) is 0 Å². The Morgan fingerprint density at radius 1 is 1.33 bits per heavy atom. The highest BCUT2D eigenvalue weighted by Gasteiger charge is 1.59. The minimum absolute atomic E-state index is 0.306. The molecular formula is HAlCl2O2P. The predicted molar refractivity (Wildman–Crippen MR) is 27.1 cm³/mol. The second-order valence-corrected chi connectivity index (χ2v) is 2.48. The first-order valence-corrected chi connectivity index (χ1v) is 5.15. The van der Waals surface area contributed by atoms with E-state index >= 15 is 0 Å². The summed E-state index contributed by atoms with van der Waals surface area (Å²) < 4.78 is 16.8. The largest absolute Gasteiger partial charge is 0.495 e. The van der Waals surface area contributed by atoms with Crippen molar-refractivity contribution in [2.45, 2.75) is 0 Å². The third kappa shape index (κ3) is 78.7. The molecule has 0 aliphatic rings. The van der Waals surface area contributed by atoms with Gasteiger partial charge < -0.3 is 0 Å². The molecule has 0 aromatic heterocycles. The summed E-state index contributed by atoms with van der Waals surface area (Å²) in [6, 6.07) is 0. The Morgan fingerprint density at radius 2 is 1.33 bits per heavy atom. The van der Waals surface area contributed by atoms with Crippen molar-refractivity contribution in [2.24, 2.45) is 0 Å². The lowest BCUT2D eigenvalue weighted by Gasteiger charge is -1.34. The van der Waals surface area contributed by atoms with Crippen LogP contribution in [0.5, 0.6) is 0 Å². The van der Waals surface area contributed by atoms with Crippen LogP contribution in [0.2, 0.25) is 0 Å². The Labute approximate surface area is 51.2 Å². The molecule has 6 heavy (non-hydrogen) atoms. The highest BCUT2D eigenvalue weighted by molar-refractivity contribution is 7.22. The molecule has 0 heterocycles. The lowest BCUT2D eigenvalue weighted by Crippen LogP contribution is -1.36. The topological polar surface area (TPSA) is 34.1 Å². The molecule has 0 rings (SSSR count). The summed E-state index contributed by atoms with van der Waals surface area (Å²) in [6.07, 6.45) is 0. The molecule has 0 saturated carbocycles. The summed E-state index contributed by atoms with van der Waals surface area (Å²) in [4.78, 5) is 0. The zero-order valence-electron chi connectivity index (χ0n) is 2.65. The van der Waals surface area contributed by atoms with Crippen LogP contribution in [0.4, 0.5) is 0 Å². The Hall–Kier alpha value is 1.01. The van der Waals surface area contributed by atoms with Gasteiger partial charge in [-0.3, -0.25) is 0 Å². The van der Waals surface area contributed by atoms with Crippen LogP contribution >= 0.6 is 28.4 Å². The second-order valence-electron chi connectivity index (χ2n) is 0.166. The highest BCUT2D eigenvalue weighted by atomic mass is 35.7. The van der Waals surface area contributed by atoms with E-state index in [0.29, 0.717) is 0 Å². The summed E-state index contributed by atoms with van der Waals surface area (Å²) in [5.74, 6) is 0. The first kappa shape index (κ1) is 10.1. The third-order valence-electron chi connectivity index (χ3n) is 0. The van der Waals surface area contributed by atoms with Gasteiger partial charge in [-0.25, -0.2) is 29.2 Å². The van der Waals surface area contributed by atoms with Gasteiger partial charge in [-0.1, -0.05) is 0 Å². The summed E-state index contributed by atoms with van der Waals surface area (Å²) in [5, 5.41) is 0. The zero-order valence-corrected chi connectivity index (χ0v) is 6.32. The van der Waals surface area contributed by atoms with E-state index in [2.05, 4.69) is 0 Å². The molecule has 0 bridgehead atoms. The van der Waals surface area contributed by atoms with Gasteiger partial charge in [0.2, 0.25) is 0 Å². The van der Waals surface area contributed by atoms with E-state index in [1.165, 1.54) is 0 Å². The lowest BCUT2D eigenvalue weighted by atomic mass is 15.9. The first-order valence-electron chi connectivity index (χ1n) is 0.845. The van der Waals surface area contributed by atoms with Crippen LogP contribution in [0.15, 0.2) is 0 Å². The van der Waals surface area contributed by atoms with Crippen molar-refractivity contribution in [1.82, 2.24) is 0 Å². The normalized spacial score (nSPS) is 4.33. The fourth-order valence-corrected chi connectivity index (χ4v) is 0. The van der Waals surface area contributed by atoms with Gasteiger partial charge in [0.1, 0.15) is 0 Å². The number of hydrogen-bond acceptors (Lipinski definition) is 2. The number of halogens is 2. The molecule has 6 heteroatoms. The molecule has 35 valence electrons. The van der Waals surface area contributed by atoms with Gasteiger partial charge in [0, 0.05) is 0 Å².